The number of nitrogens with one attached hydrogen (secondary N) is 1. The zero-order valence-electron chi connectivity index (χ0n) is 16.9. The Morgan fingerprint density at radius 2 is 1.50 bits per heavy atom. The van der Waals surface area contributed by atoms with Crippen LogP contribution in [0.3, 0.4) is 0 Å². The van der Waals surface area contributed by atoms with Gasteiger partial charge in [0, 0.05) is 35.7 Å². The molecule has 0 aliphatic heterocycles. The SMILES string of the molecule is O=S(=O)(Nc1cncc(-c2ccc3nccc(-c4ccncc4)c3c2)c1)c1ccccc1. The van der Waals surface area contributed by atoms with Gasteiger partial charge in [0.25, 0.3) is 10.0 Å². The minimum atomic E-state index is -3.70. The third kappa shape index (κ3) is 3.93. The van der Waals surface area contributed by atoms with Crippen molar-refractivity contribution in [3.05, 3.63) is 104 Å². The Labute approximate surface area is 185 Å². The molecule has 0 amide bonds. The summed E-state index contributed by atoms with van der Waals surface area (Å²) < 4.78 is 28.0. The van der Waals surface area contributed by atoms with Crippen molar-refractivity contribution in [2.75, 3.05) is 4.72 Å². The van der Waals surface area contributed by atoms with E-state index in [-0.39, 0.29) is 4.90 Å². The van der Waals surface area contributed by atoms with Gasteiger partial charge < -0.3 is 0 Å². The van der Waals surface area contributed by atoms with Crippen LogP contribution in [0.4, 0.5) is 5.69 Å². The molecule has 7 heteroatoms. The molecule has 6 nitrogen and oxygen atoms in total. The van der Waals surface area contributed by atoms with Crippen molar-refractivity contribution in [1.29, 1.82) is 0 Å². The molecule has 0 spiro atoms. The fraction of sp³-hybridized carbons (Fsp3) is 0. The topological polar surface area (TPSA) is 84.8 Å². The molecule has 32 heavy (non-hydrogen) atoms. The number of rotatable bonds is 5. The van der Waals surface area contributed by atoms with Gasteiger partial charge in [-0.25, -0.2) is 8.42 Å². The lowest BCUT2D eigenvalue weighted by Gasteiger charge is -2.11. The largest absolute Gasteiger partial charge is 0.278 e. The van der Waals surface area contributed by atoms with Crippen molar-refractivity contribution < 1.29 is 8.42 Å². The van der Waals surface area contributed by atoms with Crippen molar-refractivity contribution in [2.24, 2.45) is 0 Å². The summed E-state index contributed by atoms with van der Waals surface area (Å²) >= 11 is 0. The quantitative estimate of drug-likeness (QED) is 0.410. The molecule has 1 N–H and O–H groups in total. The van der Waals surface area contributed by atoms with Crippen molar-refractivity contribution in [1.82, 2.24) is 15.0 Å². The first kappa shape index (κ1) is 19.8. The van der Waals surface area contributed by atoms with Gasteiger partial charge in [-0.3, -0.25) is 19.7 Å². The molecule has 5 rings (SSSR count). The molecular formula is C25H18N4O2S. The molecule has 0 bridgehead atoms. The molecule has 2 aromatic carbocycles. The summed E-state index contributed by atoms with van der Waals surface area (Å²) in [4.78, 5) is 13.0. The van der Waals surface area contributed by atoms with Crippen molar-refractivity contribution in [3.8, 4) is 22.3 Å². The molecular weight excluding hydrogens is 420 g/mol. The molecule has 0 atom stereocenters. The molecule has 0 saturated heterocycles. The third-order valence-corrected chi connectivity index (χ3v) is 6.51. The van der Waals surface area contributed by atoms with E-state index in [1.54, 1.807) is 61.2 Å². The average Bonchev–Trinajstić information content (AvgIpc) is 2.84. The number of benzene rings is 2. The van der Waals surface area contributed by atoms with E-state index in [4.69, 9.17) is 0 Å². The van der Waals surface area contributed by atoms with Crippen LogP contribution in [0.5, 0.6) is 0 Å². The van der Waals surface area contributed by atoms with Gasteiger partial charge in [0.05, 0.1) is 22.3 Å². The van der Waals surface area contributed by atoms with E-state index in [0.29, 0.717) is 5.69 Å². The van der Waals surface area contributed by atoms with Crippen LogP contribution in [-0.4, -0.2) is 23.4 Å². The fourth-order valence-corrected chi connectivity index (χ4v) is 4.63. The van der Waals surface area contributed by atoms with Gasteiger partial charge in [0.15, 0.2) is 0 Å². The Morgan fingerprint density at radius 3 is 2.31 bits per heavy atom. The van der Waals surface area contributed by atoms with E-state index in [1.165, 1.54) is 6.20 Å². The second kappa shape index (κ2) is 8.20. The molecule has 156 valence electrons. The smallest absolute Gasteiger partial charge is 0.261 e. The van der Waals surface area contributed by atoms with Gasteiger partial charge in [0.1, 0.15) is 0 Å². The number of fused-ring (bicyclic) bond motifs is 1. The highest BCUT2D eigenvalue weighted by Crippen LogP contribution is 2.31. The summed E-state index contributed by atoms with van der Waals surface area (Å²) in [5.74, 6) is 0. The van der Waals surface area contributed by atoms with Crippen LogP contribution in [0.25, 0.3) is 33.2 Å². The molecule has 5 aromatic rings. The number of sulfonamides is 1. The molecule has 0 radical (unpaired) electrons. The molecule has 0 unspecified atom stereocenters. The monoisotopic (exact) mass is 438 g/mol. The zero-order valence-corrected chi connectivity index (χ0v) is 17.7. The fourth-order valence-electron chi connectivity index (χ4n) is 3.58. The van der Waals surface area contributed by atoms with Gasteiger partial charge in [-0.05, 0) is 65.2 Å². The summed E-state index contributed by atoms with van der Waals surface area (Å²) in [6.45, 7) is 0. The number of nitrogens with zero attached hydrogens (tertiary/aromatic N) is 3. The molecule has 0 fully saturated rings. The Balaban J connectivity index is 1.54. The number of aromatic nitrogens is 3. The maximum Gasteiger partial charge on any atom is 0.261 e. The van der Waals surface area contributed by atoms with Crippen molar-refractivity contribution >= 4 is 26.6 Å². The van der Waals surface area contributed by atoms with Crippen molar-refractivity contribution in [2.45, 2.75) is 4.90 Å². The van der Waals surface area contributed by atoms with Gasteiger partial charge in [-0.15, -0.1) is 0 Å². The highest BCUT2D eigenvalue weighted by molar-refractivity contribution is 7.92. The standard InChI is InChI=1S/C25H18N4O2S/c30-32(31,22-4-2-1-3-5-22)29-21-14-20(16-27-17-21)19-6-7-25-24(15-19)23(10-13-28-25)18-8-11-26-12-9-18/h1-17,29H. The van der Waals surface area contributed by atoms with E-state index in [0.717, 1.165) is 33.2 Å². The Morgan fingerprint density at radius 1 is 0.688 bits per heavy atom. The van der Waals surface area contributed by atoms with Gasteiger partial charge in [-0.1, -0.05) is 24.3 Å². The Hall–Kier alpha value is -4.10. The normalized spacial score (nSPS) is 11.4. The van der Waals surface area contributed by atoms with Crippen molar-refractivity contribution in [3.63, 3.8) is 0 Å². The minimum absolute atomic E-state index is 0.198. The highest BCUT2D eigenvalue weighted by atomic mass is 32.2. The Kier molecular flexibility index (Phi) is 5.09. The lowest BCUT2D eigenvalue weighted by molar-refractivity contribution is 0.601. The lowest BCUT2D eigenvalue weighted by atomic mass is 9.98. The molecule has 0 saturated carbocycles. The number of hydrogen-bond acceptors (Lipinski definition) is 5. The summed E-state index contributed by atoms with van der Waals surface area (Å²) in [5.41, 5.74) is 5.07. The van der Waals surface area contributed by atoms with Crippen LogP contribution < -0.4 is 4.72 Å². The minimum Gasteiger partial charge on any atom is -0.278 e. The van der Waals surface area contributed by atoms with Gasteiger partial charge >= 0.3 is 0 Å². The summed E-state index contributed by atoms with van der Waals surface area (Å²) in [7, 11) is -3.70. The first-order chi connectivity index (χ1) is 15.6. The predicted molar refractivity (Wildman–Crippen MR) is 125 cm³/mol. The second-order valence-electron chi connectivity index (χ2n) is 7.21. The van der Waals surface area contributed by atoms with E-state index in [9.17, 15) is 8.42 Å². The highest BCUT2D eigenvalue weighted by Gasteiger charge is 2.14. The first-order valence-corrected chi connectivity index (χ1v) is 11.4. The zero-order chi connectivity index (χ0) is 22.0. The molecule has 0 aliphatic carbocycles. The predicted octanol–water partition coefficient (Wildman–Crippen LogP) is 5.16. The van der Waals surface area contributed by atoms with Crippen LogP contribution in [0, 0.1) is 0 Å². The third-order valence-electron chi connectivity index (χ3n) is 5.11. The first-order valence-electron chi connectivity index (χ1n) is 9.93. The van der Waals surface area contributed by atoms with Crippen LogP contribution in [-0.2, 0) is 10.0 Å². The molecule has 0 aliphatic rings. The number of anilines is 1. The van der Waals surface area contributed by atoms with E-state index < -0.39 is 10.0 Å². The van der Waals surface area contributed by atoms with Crippen LogP contribution in [0.2, 0.25) is 0 Å². The van der Waals surface area contributed by atoms with E-state index in [2.05, 4.69) is 19.7 Å². The summed E-state index contributed by atoms with van der Waals surface area (Å²) in [6, 6.07) is 21.9. The van der Waals surface area contributed by atoms with Gasteiger partial charge in [-0.2, -0.15) is 0 Å². The summed E-state index contributed by atoms with van der Waals surface area (Å²) in [6.07, 6.45) is 8.52. The second-order valence-corrected chi connectivity index (χ2v) is 8.89. The maximum absolute atomic E-state index is 12.7. The maximum atomic E-state index is 12.7. The van der Waals surface area contributed by atoms with Crippen LogP contribution in [0.15, 0.2) is 109 Å². The van der Waals surface area contributed by atoms with Gasteiger partial charge in [0.2, 0.25) is 0 Å². The lowest BCUT2D eigenvalue weighted by Crippen LogP contribution is -2.12. The Bertz CT molecular complexity index is 1510. The molecule has 3 aromatic heterocycles. The van der Waals surface area contributed by atoms with Crippen LogP contribution in [0.1, 0.15) is 0 Å². The average molecular weight is 439 g/mol. The van der Waals surface area contributed by atoms with E-state index >= 15 is 0 Å². The number of hydrogen-bond donors (Lipinski definition) is 1. The van der Waals surface area contributed by atoms with E-state index in [1.807, 2.05) is 36.4 Å². The summed E-state index contributed by atoms with van der Waals surface area (Å²) in [5, 5.41) is 0.992. The van der Waals surface area contributed by atoms with Crippen LogP contribution >= 0.6 is 0 Å². The molecule has 3 heterocycles. The number of pyridine rings is 3.